The Morgan fingerprint density at radius 1 is 1.00 bits per heavy atom. The molecular formula is C25H29NO3. The van der Waals surface area contributed by atoms with Gasteiger partial charge >= 0.3 is 5.97 Å². The van der Waals surface area contributed by atoms with Crippen molar-refractivity contribution in [2.75, 3.05) is 13.2 Å². The number of esters is 1. The fourth-order valence-electron chi connectivity index (χ4n) is 3.89. The first kappa shape index (κ1) is 20.8. The molecule has 2 aromatic carbocycles. The first-order valence-corrected chi connectivity index (χ1v) is 10.3. The molecule has 0 saturated heterocycles. The molecule has 3 rings (SSSR count). The van der Waals surface area contributed by atoms with Crippen LogP contribution in [0.3, 0.4) is 0 Å². The van der Waals surface area contributed by atoms with Gasteiger partial charge in [-0.2, -0.15) is 0 Å². The van der Waals surface area contributed by atoms with Crippen LogP contribution in [0.15, 0.2) is 66.2 Å². The van der Waals surface area contributed by atoms with E-state index in [9.17, 15) is 9.59 Å². The molecule has 1 amide bonds. The number of hydrogen-bond donors (Lipinski definition) is 0. The number of amides is 1. The normalized spacial score (nSPS) is 14.9. The average Bonchev–Trinajstić information content (AvgIpc) is 3.15. The fourth-order valence-corrected chi connectivity index (χ4v) is 3.89. The molecule has 0 spiro atoms. The first-order chi connectivity index (χ1) is 14.0. The summed E-state index contributed by atoms with van der Waals surface area (Å²) in [6.45, 7) is 6.60. The summed E-state index contributed by atoms with van der Waals surface area (Å²) in [4.78, 5) is 28.6. The molecular weight excluding hydrogens is 362 g/mol. The standard InChI is InChI=1S/C25H29NO3/c1-4-19(3)15-16-26(23(27)20-11-7-6-8-12-20)25(24(28)29-5-2)17-21-13-9-10-14-22(21)18-25/h6-15H,4-5,16-18H2,1-3H3. The highest BCUT2D eigenvalue weighted by molar-refractivity contribution is 5.99. The van der Waals surface area contributed by atoms with Crippen LogP contribution in [0.4, 0.5) is 0 Å². The van der Waals surface area contributed by atoms with Gasteiger partial charge in [0.2, 0.25) is 0 Å². The van der Waals surface area contributed by atoms with Gasteiger partial charge in [-0.3, -0.25) is 4.79 Å². The van der Waals surface area contributed by atoms with Crippen LogP contribution < -0.4 is 0 Å². The second-order valence-corrected chi connectivity index (χ2v) is 7.56. The fraction of sp³-hybridized carbons (Fsp3) is 0.360. The number of carbonyl (C=O) groups is 2. The lowest BCUT2D eigenvalue weighted by atomic mass is 9.91. The second kappa shape index (κ2) is 9.08. The molecule has 0 radical (unpaired) electrons. The second-order valence-electron chi connectivity index (χ2n) is 7.56. The Kier molecular flexibility index (Phi) is 6.53. The monoisotopic (exact) mass is 391 g/mol. The highest BCUT2D eigenvalue weighted by Gasteiger charge is 2.51. The van der Waals surface area contributed by atoms with Crippen molar-refractivity contribution < 1.29 is 14.3 Å². The zero-order valence-electron chi connectivity index (χ0n) is 17.5. The number of ether oxygens (including phenoxy) is 1. The summed E-state index contributed by atoms with van der Waals surface area (Å²) >= 11 is 0. The van der Waals surface area contributed by atoms with Gasteiger partial charge in [0.1, 0.15) is 5.54 Å². The predicted octanol–water partition coefficient (Wildman–Crippen LogP) is 4.59. The number of nitrogens with zero attached hydrogens (tertiary/aromatic N) is 1. The van der Waals surface area contributed by atoms with Gasteiger partial charge in [-0.25, -0.2) is 4.79 Å². The molecule has 0 saturated carbocycles. The van der Waals surface area contributed by atoms with Gasteiger partial charge in [0.05, 0.1) is 6.61 Å². The number of hydrogen-bond acceptors (Lipinski definition) is 3. The zero-order valence-corrected chi connectivity index (χ0v) is 17.5. The van der Waals surface area contributed by atoms with Gasteiger partial charge in [-0.15, -0.1) is 0 Å². The zero-order chi connectivity index (χ0) is 20.9. The summed E-state index contributed by atoms with van der Waals surface area (Å²) in [5.41, 5.74) is 2.93. The summed E-state index contributed by atoms with van der Waals surface area (Å²) < 4.78 is 5.51. The van der Waals surface area contributed by atoms with Crippen molar-refractivity contribution in [2.24, 2.45) is 0 Å². The van der Waals surface area contributed by atoms with Gasteiger partial charge in [0.25, 0.3) is 5.91 Å². The highest BCUT2D eigenvalue weighted by Crippen LogP contribution is 2.37. The van der Waals surface area contributed by atoms with Crippen molar-refractivity contribution in [1.82, 2.24) is 4.90 Å². The SMILES string of the molecule is CCOC(=O)C1(N(CC=C(C)CC)C(=O)c2ccccc2)Cc2ccccc2C1. The minimum absolute atomic E-state index is 0.147. The van der Waals surface area contributed by atoms with E-state index in [-0.39, 0.29) is 18.5 Å². The minimum Gasteiger partial charge on any atom is -0.464 e. The Labute approximate surface area is 173 Å². The molecule has 2 aromatic rings. The van der Waals surface area contributed by atoms with Crippen molar-refractivity contribution in [2.45, 2.75) is 45.6 Å². The van der Waals surface area contributed by atoms with Crippen LogP contribution in [0.1, 0.15) is 48.7 Å². The van der Waals surface area contributed by atoms with E-state index in [0.717, 1.165) is 17.5 Å². The maximum atomic E-state index is 13.6. The lowest BCUT2D eigenvalue weighted by Gasteiger charge is -2.39. The Balaban J connectivity index is 2.08. The minimum atomic E-state index is -1.03. The summed E-state index contributed by atoms with van der Waals surface area (Å²) in [5, 5.41) is 0. The topological polar surface area (TPSA) is 46.6 Å². The van der Waals surface area contributed by atoms with Gasteiger partial charge in [0, 0.05) is 24.9 Å². The first-order valence-electron chi connectivity index (χ1n) is 10.3. The van der Waals surface area contributed by atoms with E-state index in [2.05, 4.69) is 6.92 Å². The lowest BCUT2D eigenvalue weighted by molar-refractivity contribution is -0.155. The predicted molar refractivity (Wildman–Crippen MR) is 115 cm³/mol. The van der Waals surface area contributed by atoms with Crippen molar-refractivity contribution >= 4 is 11.9 Å². The Hall–Kier alpha value is -2.88. The lowest BCUT2D eigenvalue weighted by Crippen LogP contribution is -2.58. The summed E-state index contributed by atoms with van der Waals surface area (Å²) in [6.07, 6.45) is 3.89. The Morgan fingerprint density at radius 2 is 1.59 bits per heavy atom. The molecule has 0 fully saturated rings. The van der Waals surface area contributed by atoms with E-state index in [1.54, 1.807) is 24.0 Å². The van der Waals surface area contributed by atoms with Crippen LogP contribution in [-0.2, 0) is 22.4 Å². The molecule has 0 unspecified atom stereocenters. The van der Waals surface area contributed by atoms with Gasteiger partial charge < -0.3 is 9.64 Å². The molecule has 0 aliphatic heterocycles. The molecule has 0 N–H and O–H groups in total. The van der Waals surface area contributed by atoms with Crippen LogP contribution in [0.5, 0.6) is 0 Å². The molecule has 1 aliphatic carbocycles. The van der Waals surface area contributed by atoms with Gasteiger partial charge in [-0.1, -0.05) is 61.0 Å². The summed E-state index contributed by atoms with van der Waals surface area (Å²) in [5.74, 6) is -0.477. The molecule has 0 atom stereocenters. The van der Waals surface area contributed by atoms with Crippen molar-refractivity contribution in [3.63, 3.8) is 0 Å². The summed E-state index contributed by atoms with van der Waals surface area (Å²) in [6, 6.07) is 17.2. The maximum Gasteiger partial charge on any atom is 0.332 e. The molecule has 4 heteroatoms. The molecule has 4 nitrogen and oxygen atoms in total. The number of benzene rings is 2. The van der Waals surface area contributed by atoms with E-state index >= 15 is 0 Å². The number of carbonyl (C=O) groups excluding carboxylic acids is 2. The van der Waals surface area contributed by atoms with Gasteiger partial charge in [-0.05, 0) is 43.5 Å². The van der Waals surface area contributed by atoms with Crippen LogP contribution >= 0.6 is 0 Å². The molecule has 152 valence electrons. The molecule has 0 aromatic heterocycles. The van der Waals surface area contributed by atoms with Crippen molar-refractivity contribution in [3.8, 4) is 0 Å². The Morgan fingerprint density at radius 3 is 2.14 bits per heavy atom. The molecule has 1 aliphatic rings. The van der Waals surface area contributed by atoms with Crippen molar-refractivity contribution in [1.29, 1.82) is 0 Å². The van der Waals surface area contributed by atoms with E-state index < -0.39 is 5.54 Å². The third kappa shape index (κ3) is 4.26. The van der Waals surface area contributed by atoms with Crippen LogP contribution in [0, 0.1) is 0 Å². The van der Waals surface area contributed by atoms with E-state index in [4.69, 9.17) is 4.74 Å². The Bertz CT molecular complexity index is 876. The van der Waals surface area contributed by atoms with E-state index in [1.165, 1.54) is 5.57 Å². The van der Waals surface area contributed by atoms with E-state index in [1.807, 2.05) is 55.5 Å². The molecule has 0 heterocycles. The molecule has 29 heavy (non-hydrogen) atoms. The third-order valence-electron chi connectivity index (χ3n) is 5.70. The number of rotatable bonds is 7. The smallest absolute Gasteiger partial charge is 0.332 e. The van der Waals surface area contributed by atoms with Crippen molar-refractivity contribution in [3.05, 3.63) is 82.9 Å². The van der Waals surface area contributed by atoms with Gasteiger partial charge in [0.15, 0.2) is 0 Å². The largest absolute Gasteiger partial charge is 0.464 e. The van der Waals surface area contributed by atoms with Crippen LogP contribution in [0.2, 0.25) is 0 Å². The van der Waals surface area contributed by atoms with Crippen LogP contribution in [0.25, 0.3) is 0 Å². The van der Waals surface area contributed by atoms with Crippen LogP contribution in [-0.4, -0.2) is 35.5 Å². The number of allylic oxidation sites excluding steroid dienone is 1. The maximum absolute atomic E-state index is 13.6. The molecule has 0 bridgehead atoms. The van der Waals surface area contributed by atoms with E-state index in [0.29, 0.717) is 24.9 Å². The quantitative estimate of drug-likeness (QED) is 0.512. The average molecular weight is 392 g/mol. The summed E-state index contributed by atoms with van der Waals surface area (Å²) in [7, 11) is 0. The third-order valence-corrected chi connectivity index (χ3v) is 5.70. The number of fused-ring (bicyclic) bond motifs is 1. The highest BCUT2D eigenvalue weighted by atomic mass is 16.5.